The first-order valence-corrected chi connectivity index (χ1v) is 6.07. The number of hydrogen-bond donors (Lipinski definition) is 2. The molecule has 9 heteroatoms. The van der Waals surface area contributed by atoms with Crippen LogP contribution in [0.4, 0.5) is 24.8 Å². The predicted molar refractivity (Wildman–Crippen MR) is 70.6 cm³/mol. The fourth-order valence-electron chi connectivity index (χ4n) is 1.45. The molecule has 0 bridgehead atoms. The lowest BCUT2D eigenvalue weighted by Crippen LogP contribution is -2.40. The Bertz CT molecular complexity index is 451. The van der Waals surface area contributed by atoms with Crippen molar-refractivity contribution in [1.29, 1.82) is 0 Å². The minimum absolute atomic E-state index is 0.0219. The standard InChI is InChI=1S/C10H13Cl2F3N4/c1-5(2)19(4-10(13,14)15)9-7(12)3-6(11)8(17-9)18-16/h3,5H,4,16H2,1-2H3,(H,17,18). The summed E-state index contributed by atoms with van der Waals surface area (Å²) in [5.41, 5.74) is 2.21. The van der Waals surface area contributed by atoms with E-state index in [2.05, 4.69) is 10.4 Å². The van der Waals surface area contributed by atoms with Gasteiger partial charge in [0.25, 0.3) is 0 Å². The molecule has 4 nitrogen and oxygen atoms in total. The monoisotopic (exact) mass is 316 g/mol. The van der Waals surface area contributed by atoms with Crippen molar-refractivity contribution < 1.29 is 13.2 Å². The zero-order valence-corrected chi connectivity index (χ0v) is 11.7. The summed E-state index contributed by atoms with van der Waals surface area (Å²) in [5.74, 6) is 5.23. The van der Waals surface area contributed by atoms with Crippen LogP contribution in [0.5, 0.6) is 0 Å². The first-order valence-electron chi connectivity index (χ1n) is 5.31. The van der Waals surface area contributed by atoms with Crippen molar-refractivity contribution in [2.75, 3.05) is 16.9 Å². The molecule has 1 rings (SSSR count). The number of rotatable bonds is 4. The Labute approximate surface area is 118 Å². The van der Waals surface area contributed by atoms with Crippen LogP contribution >= 0.6 is 23.2 Å². The number of nitrogens with two attached hydrogens (primary N) is 1. The van der Waals surface area contributed by atoms with Gasteiger partial charge in [0.2, 0.25) is 0 Å². The number of aromatic nitrogens is 1. The zero-order valence-electron chi connectivity index (χ0n) is 10.2. The van der Waals surface area contributed by atoms with E-state index in [1.54, 1.807) is 13.8 Å². The predicted octanol–water partition coefficient (Wildman–Crippen LogP) is 3.45. The minimum atomic E-state index is -4.37. The van der Waals surface area contributed by atoms with Crippen LogP contribution in [0, 0.1) is 0 Å². The van der Waals surface area contributed by atoms with Gasteiger partial charge in [-0.3, -0.25) is 0 Å². The van der Waals surface area contributed by atoms with Gasteiger partial charge in [-0.15, -0.1) is 0 Å². The highest BCUT2D eigenvalue weighted by atomic mass is 35.5. The molecule has 0 atom stereocenters. The molecule has 0 saturated carbocycles. The van der Waals surface area contributed by atoms with Crippen LogP contribution in [-0.4, -0.2) is 23.7 Å². The fraction of sp³-hybridized carbons (Fsp3) is 0.500. The molecular formula is C10H13Cl2F3N4. The van der Waals surface area contributed by atoms with Crippen LogP contribution in [0.3, 0.4) is 0 Å². The van der Waals surface area contributed by atoms with Crippen molar-refractivity contribution in [2.45, 2.75) is 26.1 Å². The molecule has 1 aromatic heterocycles. The molecule has 19 heavy (non-hydrogen) atoms. The number of anilines is 2. The van der Waals surface area contributed by atoms with Crippen molar-refractivity contribution in [3.8, 4) is 0 Å². The van der Waals surface area contributed by atoms with Gasteiger partial charge in [0.15, 0.2) is 11.6 Å². The van der Waals surface area contributed by atoms with Gasteiger partial charge in [0.05, 0.1) is 10.0 Å². The first kappa shape index (κ1) is 16.1. The molecule has 0 aliphatic heterocycles. The topological polar surface area (TPSA) is 54.2 Å². The van der Waals surface area contributed by atoms with E-state index in [1.807, 2.05) is 0 Å². The number of nitrogens with one attached hydrogen (secondary N) is 1. The van der Waals surface area contributed by atoms with E-state index in [4.69, 9.17) is 29.0 Å². The van der Waals surface area contributed by atoms with Crippen molar-refractivity contribution in [3.63, 3.8) is 0 Å². The van der Waals surface area contributed by atoms with Crippen LogP contribution in [-0.2, 0) is 0 Å². The lowest BCUT2D eigenvalue weighted by molar-refractivity contribution is -0.120. The highest BCUT2D eigenvalue weighted by Crippen LogP contribution is 2.33. The number of nitrogens with zero attached hydrogens (tertiary/aromatic N) is 2. The van der Waals surface area contributed by atoms with Crippen LogP contribution in [0.1, 0.15) is 13.8 Å². The van der Waals surface area contributed by atoms with E-state index in [-0.39, 0.29) is 21.7 Å². The van der Waals surface area contributed by atoms with Crippen LogP contribution in [0.25, 0.3) is 0 Å². The largest absolute Gasteiger partial charge is 0.405 e. The summed E-state index contributed by atoms with van der Waals surface area (Å²) in [4.78, 5) is 4.95. The third kappa shape index (κ3) is 4.29. The van der Waals surface area contributed by atoms with E-state index in [0.717, 1.165) is 4.90 Å². The summed E-state index contributed by atoms with van der Waals surface area (Å²) < 4.78 is 37.7. The molecule has 0 spiro atoms. The average molecular weight is 317 g/mol. The van der Waals surface area contributed by atoms with Gasteiger partial charge in [-0.1, -0.05) is 23.2 Å². The zero-order chi connectivity index (χ0) is 14.8. The van der Waals surface area contributed by atoms with Crippen molar-refractivity contribution in [3.05, 3.63) is 16.1 Å². The van der Waals surface area contributed by atoms with Gasteiger partial charge < -0.3 is 10.3 Å². The van der Waals surface area contributed by atoms with E-state index in [0.29, 0.717) is 0 Å². The van der Waals surface area contributed by atoms with Gasteiger partial charge >= 0.3 is 6.18 Å². The second-order valence-electron chi connectivity index (χ2n) is 4.11. The van der Waals surface area contributed by atoms with Crippen molar-refractivity contribution in [2.24, 2.45) is 5.84 Å². The molecule has 3 N–H and O–H groups in total. The number of hydrogen-bond acceptors (Lipinski definition) is 4. The number of nitrogen functional groups attached to an aromatic ring is 1. The Hall–Kier alpha value is -0.920. The van der Waals surface area contributed by atoms with E-state index >= 15 is 0 Å². The normalized spacial score (nSPS) is 11.8. The summed E-state index contributed by atoms with van der Waals surface area (Å²) in [5, 5.41) is 0.161. The second-order valence-corrected chi connectivity index (χ2v) is 4.92. The molecule has 0 saturated heterocycles. The molecule has 0 aliphatic carbocycles. The number of halogens is 5. The molecule has 0 amide bonds. The van der Waals surface area contributed by atoms with Gasteiger partial charge in [-0.25, -0.2) is 10.8 Å². The maximum atomic E-state index is 12.6. The SMILES string of the molecule is CC(C)N(CC(F)(F)F)c1nc(NN)c(Cl)cc1Cl. The highest BCUT2D eigenvalue weighted by molar-refractivity contribution is 6.37. The number of hydrazine groups is 1. The summed E-state index contributed by atoms with van der Waals surface area (Å²) in [6.45, 7) is 2.05. The van der Waals surface area contributed by atoms with Crippen LogP contribution in [0.2, 0.25) is 10.0 Å². The molecule has 0 aliphatic rings. The summed E-state index contributed by atoms with van der Waals surface area (Å²) in [6, 6.07) is 0.852. The lowest BCUT2D eigenvalue weighted by Gasteiger charge is -2.29. The maximum Gasteiger partial charge on any atom is 0.405 e. The van der Waals surface area contributed by atoms with Crippen molar-refractivity contribution in [1.82, 2.24) is 4.98 Å². The molecule has 0 radical (unpaired) electrons. The third-order valence-corrected chi connectivity index (χ3v) is 2.86. The minimum Gasteiger partial charge on any atom is -0.344 e. The molecule has 1 aromatic rings. The van der Waals surface area contributed by atoms with E-state index in [9.17, 15) is 13.2 Å². The second kappa shape index (κ2) is 6.02. The third-order valence-electron chi connectivity index (χ3n) is 2.29. The molecule has 1 heterocycles. The molecule has 108 valence electrons. The van der Waals surface area contributed by atoms with Crippen LogP contribution in [0.15, 0.2) is 6.07 Å². The molecule has 0 fully saturated rings. The fourth-order valence-corrected chi connectivity index (χ4v) is 1.98. The van der Waals surface area contributed by atoms with Crippen molar-refractivity contribution >= 4 is 34.8 Å². The van der Waals surface area contributed by atoms with Gasteiger partial charge in [0, 0.05) is 6.04 Å². The summed E-state index contributed by atoms with van der Waals surface area (Å²) in [7, 11) is 0. The smallest absolute Gasteiger partial charge is 0.344 e. The quantitative estimate of drug-likeness (QED) is 0.660. The van der Waals surface area contributed by atoms with E-state index in [1.165, 1.54) is 6.07 Å². The van der Waals surface area contributed by atoms with E-state index < -0.39 is 18.8 Å². The number of pyridine rings is 1. The molecule has 0 aromatic carbocycles. The molecule has 0 unspecified atom stereocenters. The average Bonchev–Trinajstić information content (AvgIpc) is 2.25. The van der Waals surface area contributed by atoms with Gasteiger partial charge in [-0.05, 0) is 19.9 Å². The Morgan fingerprint density at radius 1 is 1.37 bits per heavy atom. The van der Waals surface area contributed by atoms with Gasteiger partial charge in [-0.2, -0.15) is 13.2 Å². The Kier molecular flexibility index (Phi) is 5.11. The maximum absolute atomic E-state index is 12.6. The molecular weight excluding hydrogens is 304 g/mol. The first-order chi connectivity index (χ1) is 8.65. The number of alkyl halides is 3. The van der Waals surface area contributed by atoms with Crippen LogP contribution < -0.4 is 16.2 Å². The summed E-state index contributed by atoms with van der Waals surface area (Å²) in [6.07, 6.45) is -4.37. The Morgan fingerprint density at radius 2 is 1.95 bits per heavy atom. The highest BCUT2D eigenvalue weighted by Gasteiger charge is 2.33. The lowest BCUT2D eigenvalue weighted by atomic mass is 10.3. The summed E-state index contributed by atoms with van der Waals surface area (Å²) >= 11 is 11.7. The Balaban J connectivity index is 3.23. The van der Waals surface area contributed by atoms with Gasteiger partial charge in [0.1, 0.15) is 6.54 Å². The Morgan fingerprint density at radius 3 is 2.37 bits per heavy atom.